The number of halogens is 5. The molecule has 4 aromatic carbocycles. The summed E-state index contributed by atoms with van der Waals surface area (Å²) in [5, 5.41) is -2.52. The number of carbonyl (C=O) groups is 1. The fraction of sp³-hybridized carbons (Fsp3) is 0.317. The number of aromatic nitrogens is 1. The zero-order valence-corrected chi connectivity index (χ0v) is 27.9. The second-order valence-corrected chi connectivity index (χ2v) is 11.8. The molecule has 0 radical (unpaired) electrons. The van der Waals surface area contributed by atoms with Crippen molar-refractivity contribution in [3.05, 3.63) is 135 Å². The van der Waals surface area contributed by atoms with Gasteiger partial charge in [0.1, 0.15) is 6.50 Å². The number of hydrogen-bond acceptors (Lipinski definition) is 5. The van der Waals surface area contributed by atoms with Crippen LogP contribution in [0.3, 0.4) is 0 Å². The van der Waals surface area contributed by atoms with E-state index in [4.69, 9.17) is 20.6 Å². The number of likely N-dealkylation sites (tertiary alicyclic amines) is 1. The monoisotopic (exact) mass is 771 g/mol. The van der Waals surface area contributed by atoms with Crippen LogP contribution in [0.25, 0.3) is 22.0 Å². The van der Waals surface area contributed by atoms with Crippen LogP contribution >= 0.6 is 11.8 Å². The number of amides is 1. The standard InChI is InChI=1S/C41H40F5N3O3S/c1-27-6-15-34-36(22-27)49(39(23-37(34)50)53-26-31-4-3-5-35(42)40(31)43)25-38(51)48(33-16-18-47(19-17-33)20-21-52-2)24-28-7-9-29(10-8-28)30-11-13-32(14-12-30)41(44,45)46/h3-15,22-23,33H,16-21,24-26H2,1-2H3/i2D3,6D,15D,16D2,17D2,18D2,19D2,21D2,22D,23D,25D2,26D2,33D. The van der Waals surface area contributed by atoms with Gasteiger partial charge in [-0.3, -0.25) is 9.59 Å². The fourth-order valence-electron chi connectivity index (χ4n) is 4.86. The van der Waals surface area contributed by atoms with Crippen LogP contribution in [0, 0.1) is 18.6 Å². The molecule has 0 atom stereocenters. The van der Waals surface area contributed by atoms with Crippen LogP contribution in [0.1, 0.15) is 65.2 Å². The van der Waals surface area contributed by atoms with Crippen molar-refractivity contribution >= 4 is 28.6 Å². The number of pyridine rings is 1. The van der Waals surface area contributed by atoms with Crippen LogP contribution in [0.2, 0.25) is 0 Å². The quantitative estimate of drug-likeness (QED) is 0.0939. The maximum atomic E-state index is 15.7. The minimum atomic E-state index is -4.73. The molecular formula is C41H40F5N3O3S. The summed E-state index contributed by atoms with van der Waals surface area (Å²) in [6.07, 6.45) is -13.7. The number of ether oxygens (including phenoxy) is 1. The lowest BCUT2D eigenvalue weighted by molar-refractivity contribution is -0.137. The van der Waals surface area contributed by atoms with E-state index in [1.54, 1.807) is 0 Å². The highest BCUT2D eigenvalue weighted by atomic mass is 32.2. The van der Waals surface area contributed by atoms with E-state index in [1.807, 2.05) is 0 Å². The average molecular weight is 772 g/mol. The Morgan fingerprint density at radius 2 is 1.75 bits per heavy atom. The topological polar surface area (TPSA) is 54.8 Å². The minimum absolute atomic E-state index is 0.0881. The number of alkyl halides is 3. The van der Waals surface area contributed by atoms with Crippen molar-refractivity contribution in [2.45, 2.75) is 55.6 Å². The fourth-order valence-corrected chi connectivity index (χ4v) is 5.59. The van der Waals surface area contributed by atoms with Crippen molar-refractivity contribution in [1.29, 1.82) is 0 Å². The number of benzene rings is 4. The predicted molar refractivity (Wildman–Crippen MR) is 198 cm³/mol. The van der Waals surface area contributed by atoms with Gasteiger partial charge in [-0.05, 0) is 72.2 Å². The van der Waals surface area contributed by atoms with Gasteiger partial charge in [0.05, 0.1) is 39.1 Å². The van der Waals surface area contributed by atoms with Gasteiger partial charge in [0.15, 0.2) is 17.1 Å². The first-order chi connectivity index (χ1) is 33.8. The molecule has 1 fully saturated rings. The van der Waals surface area contributed by atoms with Crippen molar-refractivity contribution < 1.29 is 61.6 Å². The summed E-state index contributed by atoms with van der Waals surface area (Å²) in [5.74, 6) is -5.89. The highest BCUT2D eigenvalue weighted by Crippen LogP contribution is 2.32. The van der Waals surface area contributed by atoms with Gasteiger partial charge >= 0.3 is 6.18 Å². The first-order valence-electron chi connectivity index (χ1n) is 26.2. The lowest BCUT2D eigenvalue weighted by atomic mass is 10.00. The summed E-state index contributed by atoms with van der Waals surface area (Å²) >= 11 is -0.438. The number of piperidine rings is 1. The van der Waals surface area contributed by atoms with Crippen LogP contribution in [0.15, 0.2) is 101 Å². The largest absolute Gasteiger partial charge is 0.416 e. The number of carbonyl (C=O) groups excluding carboxylic acids is 1. The summed E-state index contributed by atoms with van der Waals surface area (Å²) < 4.78 is 267. The number of thioether (sulfide) groups is 1. The Morgan fingerprint density at radius 1 is 1.06 bits per heavy atom. The molecule has 6 rings (SSSR count). The van der Waals surface area contributed by atoms with Crippen LogP contribution in [-0.2, 0) is 34.5 Å². The molecule has 0 unspecified atom stereocenters. The molecule has 0 saturated carbocycles. The maximum absolute atomic E-state index is 15.7. The molecule has 0 spiro atoms. The van der Waals surface area contributed by atoms with Gasteiger partial charge in [-0.25, -0.2) is 8.78 Å². The van der Waals surface area contributed by atoms with Crippen molar-refractivity contribution in [1.82, 2.24) is 14.4 Å². The summed E-state index contributed by atoms with van der Waals surface area (Å²) in [5.41, 5.74) is -8.97. The third kappa shape index (κ3) is 9.17. The van der Waals surface area contributed by atoms with Crippen molar-refractivity contribution in [3.8, 4) is 11.1 Å². The Bertz CT molecular complexity index is 3110. The third-order valence-electron chi connectivity index (χ3n) is 7.48. The molecule has 1 aliphatic rings. The van der Waals surface area contributed by atoms with Crippen molar-refractivity contribution in [3.63, 3.8) is 0 Å². The van der Waals surface area contributed by atoms with Gasteiger partial charge in [0.2, 0.25) is 5.91 Å². The van der Waals surface area contributed by atoms with E-state index in [0.29, 0.717) is 12.1 Å². The molecule has 12 heteroatoms. The smallest absolute Gasteiger partial charge is 0.383 e. The van der Waals surface area contributed by atoms with Gasteiger partial charge in [-0.1, -0.05) is 54.6 Å². The first-order valence-corrected chi connectivity index (χ1v) is 16.0. The molecule has 1 aromatic heterocycles. The Balaban J connectivity index is 1.68. The second-order valence-electron chi connectivity index (χ2n) is 11.1. The average Bonchev–Trinajstić information content (AvgIpc) is 3.28. The highest BCUT2D eigenvalue weighted by molar-refractivity contribution is 7.98. The third-order valence-corrected chi connectivity index (χ3v) is 8.28. The molecule has 0 aliphatic carbocycles. The molecule has 278 valence electrons. The van der Waals surface area contributed by atoms with Gasteiger partial charge in [0.25, 0.3) is 0 Å². The lowest BCUT2D eigenvalue weighted by Gasteiger charge is -2.39. The number of fused-ring (bicyclic) bond motifs is 1. The van der Waals surface area contributed by atoms with Crippen molar-refractivity contribution in [2.75, 3.05) is 33.1 Å². The molecular weight excluding hydrogens is 710 g/mol. The zero-order chi connectivity index (χ0) is 57.2. The van der Waals surface area contributed by atoms with Gasteiger partial charge in [0, 0.05) is 75.5 Å². The number of nitrogens with zero attached hydrogens (tertiary/aromatic N) is 3. The Kier molecular flexibility index (Phi) is 6.03. The zero-order valence-electron chi connectivity index (χ0n) is 49.1. The van der Waals surface area contributed by atoms with Gasteiger partial charge < -0.3 is 19.1 Å². The first kappa shape index (κ1) is 19.2. The SMILES string of the molecule is [2H]c1c(C)c([2H])c2c(c1[2H])c(=O)c([2H])c(SC([2H])([2H])c1cccc(F)c1F)n2C([2H])([2H])C(=O)N(Cc1ccc(-c2ccc(C(F)(F)F)cc2)cc1)C1([2H])C([2H])([2H])C([2H])([2H])N(CC([2H])([2H])OC([2H])([2H])[2H])C([2H])([2H])C1([2H])[2H]. The summed E-state index contributed by atoms with van der Waals surface area (Å²) in [6.45, 7) is -19.0. The predicted octanol–water partition coefficient (Wildman–Crippen LogP) is 8.71. The van der Waals surface area contributed by atoms with E-state index in [2.05, 4.69) is 4.74 Å². The number of hydrogen-bond donors (Lipinski definition) is 0. The molecule has 0 bridgehead atoms. The molecule has 1 aliphatic heterocycles. The molecule has 0 N–H and O–H groups in total. The van der Waals surface area contributed by atoms with Crippen LogP contribution in [-0.4, -0.2) is 59.4 Å². The molecule has 1 saturated heterocycles. The van der Waals surface area contributed by atoms with Crippen LogP contribution in [0.5, 0.6) is 0 Å². The van der Waals surface area contributed by atoms with E-state index in [1.165, 1.54) is 12.1 Å². The molecule has 1 amide bonds. The van der Waals surface area contributed by atoms with Gasteiger partial charge in [-0.2, -0.15) is 13.2 Å². The normalized spacial score (nSPS) is 25.7. The van der Waals surface area contributed by atoms with Crippen LogP contribution in [0.4, 0.5) is 22.0 Å². The van der Waals surface area contributed by atoms with E-state index in [0.717, 1.165) is 49.4 Å². The van der Waals surface area contributed by atoms with E-state index < -0.39 is 173 Å². The summed E-state index contributed by atoms with van der Waals surface area (Å²) in [4.78, 5) is 28.9. The van der Waals surface area contributed by atoms with E-state index in [9.17, 15) is 32.0 Å². The summed E-state index contributed by atoms with van der Waals surface area (Å²) in [6, 6.07) is 1.13. The molecule has 2 heterocycles. The number of rotatable bonds is 12. The number of methoxy groups -OCH3 is 1. The van der Waals surface area contributed by atoms with E-state index in [-0.39, 0.29) is 26.2 Å². The second kappa shape index (κ2) is 16.7. The maximum Gasteiger partial charge on any atom is 0.416 e. The molecule has 6 nitrogen and oxygen atoms in total. The van der Waals surface area contributed by atoms with E-state index >= 15 is 9.18 Å². The Labute approximate surface area is 340 Å². The highest BCUT2D eigenvalue weighted by Gasteiger charge is 2.31. The lowest BCUT2D eigenvalue weighted by Crippen LogP contribution is -2.48. The minimum Gasteiger partial charge on any atom is -0.383 e. The summed E-state index contributed by atoms with van der Waals surface area (Å²) in [7, 11) is -3.62. The van der Waals surface area contributed by atoms with Gasteiger partial charge in [-0.15, -0.1) is 11.8 Å². The molecule has 53 heavy (non-hydrogen) atoms. The Hall–Kier alpha value is -4.52. The molecule has 5 aromatic rings. The van der Waals surface area contributed by atoms with Crippen LogP contribution < -0.4 is 5.43 Å². The Morgan fingerprint density at radius 3 is 2.43 bits per heavy atom. The van der Waals surface area contributed by atoms with Crippen molar-refractivity contribution in [2.24, 2.45) is 0 Å².